The van der Waals surface area contributed by atoms with Gasteiger partial charge in [0.05, 0.1) is 4.92 Å². The van der Waals surface area contributed by atoms with Crippen molar-refractivity contribution >= 4 is 11.5 Å². The summed E-state index contributed by atoms with van der Waals surface area (Å²) in [7, 11) is 0. The molecule has 3 rings (SSSR count). The van der Waals surface area contributed by atoms with Crippen LogP contribution in [0.25, 0.3) is 0 Å². The smallest absolute Gasteiger partial charge is 0.290 e. The summed E-state index contributed by atoms with van der Waals surface area (Å²) in [5.41, 5.74) is 2.06. The summed E-state index contributed by atoms with van der Waals surface area (Å²) >= 11 is 0. The van der Waals surface area contributed by atoms with Gasteiger partial charge in [0.15, 0.2) is 0 Å². The second-order valence-corrected chi connectivity index (χ2v) is 6.35. The first kappa shape index (κ1) is 16.4. The normalized spacial score (nSPS) is 18.6. The lowest BCUT2D eigenvalue weighted by atomic mass is 10.1. The SMILES string of the molecule is Cc1cc(N2CCN(Cc3ccccc3)CC2C)ncc1[N+](=O)[O-]. The molecule has 0 saturated carbocycles. The number of rotatable bonds is 4. The van der Waals surface area contributed by atoms with Crippen LogP contribution in [0.2, 0.25) is 0 Å². The number of aromatic nitrogens is 1. The van der Waals surface area contributed by atoms with Gasteiger partial charge in [0.25, 0.3) is 5.69 Å². The Morgan fingerprint density at radius 3 is 2.67 bits per heavy atom. The van der Waals surface area contributed by atoms with Gasteiger partial charge in [0.2, 0.25) is 0 Å². The van der Waals surface area contributed by atoms with E-state index in [1.54, 1.807) is 6.92 Å². The van der Waals surface area contributed by atoms with E-state index in [1.165, 1.54) is 11.8 Å². The molecule has 1 saturated heterocycles. The zero-order valence-electron chi connectivity index (χ0n) is 14.1. The largest absolute Gasteiger partial charge is 0.351 e. The van der Waals surface area contributed by atoms with Gasteiger partial charge in [-0.25, -0.2) is 4.98 Å². The number of aryl methyl sites for hydroxylation is 1. The van der Waals surface area contributed by atoms with Crippen molar-refractivity contribution in [2.75, 3.05) is 24.5 Å². The molecule has 6 heteroatoms. The molecule has 1 unspecified atom stereocenters. The van der Waals surface area contributed by atoms with Gasteiger partial charge in [0, 0.05) is 37.8 Å². The van der Waals surface area contributed by atoms with Crippen molar-refractivity contribution < 1.29 is 4.92 Å². The number of hydrogen-bond donors (Lipinski definition) is 0. The third-order valence-corrected chi connectivity index (χ3v) is 4.52. The number of pyridine rings is 1. The quantitative estimate of drug-likeness (QED) is 0.638. The molecular formula is C18H22N4O2. The van der Waals surface area contributed by atoms with Crippen LogP contribution in [0, 0.1) is 17.0 Å². The van der Waals surface area contributed by atoms with E-state index in [9.17, 15) is 10.1 Å². The molecule has 1 aliphatic heterocycles. The first-order valence-electron chi connectivity index (χ1n) is 8.18. The number of nitro groups is 1. The molecule has 0 bridgehead atoms. The van der Waals surface area contributed by atoms with Crippen LogP contribution in [-0.2, 0) is 6.54 Å². The van der Waals surface area contributed by atoms with E-state index >= 15 is 0 Å². The van der Waals surface area contributed by atoms with Crippen LogP contribution in [0.3, 0.4) is 0 Å². The number of piperazine rings is 1. The van der Waals surface area contributed by atoms with Crippen molar-refractivity contribution in [1.82, 2.24) is 9.88 Å². The molecule has 126 valence electrons. The van der Waals surface area contributed by atoms with E-state index in [4.69, 9.17) is 0 Å². The maximum absolute atomic E-state index is 10.9. The molecule has 2 aromatic rings. The van der Waals surface area contributed by atoms with Crippen LogP contribution in [0.4, 0.5) is 11.5 Å². The predicted octanol–water partition coefficient (Wildman–Crippen LogP) is 3.01. The summed E-state index contributed by atoms with van der Waals surface area (Å²) in [6, 6.07) is 12.6. The molecule has 1 aromatic heterocycles. The average Bonchev–Trinajstić information content (AvgIpc) is 2.55. The standard InChI is InChI=1S/C18H22N4O2/c1-14-10-18(19-11-17(14)22(23)24)21-9-8-20(12-15(21)2)13-16-6-4-3-5-7-16/h3-7,10-11,15H,8-9,12-13H2,1-2H3. The van der Waals surface area contributed by atoms with Gasteiger partial charge in [-0.2, -0.15) is 0 Å². The monoisotopic (exact) mass is 326 g/mol. The molecule has 0 amide bonds. The van der Waals surface area contributed by atoms with Gasteiger partial charge in [0.1, 0.15) is 12.0 Å². The minimum Gasteiger partial charge on any atom is -0.351 e. The Labute approximate surface area is 141 Å². The summed E-state index contributed by atoms with van der Waals surface area (Å²) < 4.78 is 0. The number of hydrogen-bond acceptors (Lipinski definition) is 5. The van der Waals surface area contributed by atoms with Crippen LogP contribution in [0.15, 0.2) is 42.6 Å². The van der Waals surface area contributed by atoms with Crippen LogP contribution >= 0.6 is 0 Å². The average molecular weight is 326 g/mol. The Balaban J connectivity index is 1.67. The molecular weight excluding hydrogens is 304 g/mol. The highest BCUT2D eigenvalue weighted by molar-refractivity contribution is 5.49. The molecule has 0 radical (unpaired) electrons. The van der Waals surface area contributed by atoms with Gasteiger partial charge in [-0.15, -0.1) is 0 Å². The fourth-order valence-corrected chi connectivity index (χ4v) is 3.24. The Morgan fingerprint density at radius 1 is 1.29 bits per heavy atom. The third-order valence-electron chi connectivity index (χ3n) is 4.52. The Bertz CT molecular complexity index is 720. The summed E-state index contributed by atoms with van der Waals surface area (Å²) in [4.78, 5) is 19.5. The maximum Gasteiger partial charge on any atom is 0.290 e. The van der Waals surface area contributed by atoms with Crippen molar-refractivity contribution in [3.63, 3.8) is 0 Å². The summed E-state index contributed by atoms with van der Waals surface area (Å²) in [6.45, 7) is 7.67. The topological polar surface area (TPSA) is 62.5 Å². The molecule has 1 aromatic carbocycles. The maximum atomic E-state index is 10.9. The van der Waals surface area contributed by atoms with E-state index in [1.807, 2.05) is 12.1 Å². The Hall–Kier alpha value is -2.47. The van der Waals surface area contributed by atoms with Crippen molar-refractivity contribution in [3.8, 4) is 0 Å². The fourth-order valence-electron chi connectivity index (χ4n) is 3.24. The highest BCUT2D eigenvalue weighted by Gasteiger charge is 2.25. The van der Waals surface area contributed by atoms with Gasteiger partial charge in [-0.3, -0.25) is 15.0 Å². The van der Waals surface area contributed by atoms with Crippen molar-refractivity contribution in [2.45, 2.75) is 26.4 Å². The molecule has 1 aliphatic rings. The second-order valence-electron chi connectivity index (χ2n) is 6.35. The van der Waals surface area contributed by atoms with Crippen LogP contribution in [0.5, 0.6) is 0 Å². The fraction of sp³-hybridized carbons (Fsp3) is 0.389. The van der Waals surface area contributed by atoms with Gasteiger partial charge in [-0.1, -0.05) is 30.3 Å². The predicted molar refractivity (Wildman–Crippen MR) is 94.2 cm³/mol. The van der Waals surface area contributed by atoms with Crippen LogP contribution in [-0.4, -0.2) is 40.5 Å². The highest BCUT2D eigenvalue weighted by Crippen LogP contribution is 2.24. The van der Waals surface area contributed by atoms with Gasteiger partial charge < -0.3 is 4.90 Å². The Kier molecular flexibility index (Phi) is 4.76. The Morgan fingerprint density at radius 2 is 2.04 bits per heavy atom. The van der Waals surface area contributed by atoms with Gasteiger partial charge >= 0.3 is 0 Å². The van der Waals surface area contributed by atoms with E-state index in [0.717, 1.165) is 32.0 Å². The van der Waals surface area contributed by atoms with Crippen molar-refractivity contribution in [3.05, 3.63) is 63.8 Å². The zero-order chi connectivity index (χ0) is 17.1. The highest BCUT2D eigenvalue weighted by atomic mass is 16.6. The van der Waals surface area contributed by atoms with E-state index in [0.29, 0.717) is 11.6 Å². The zero-order valence-corrected chi connectivity index (χ0v) is 14.1. The lowest BCUT2D eigenvalue weighted by molar-refractivity contribution is -0.385. The second kappa shape index (κ2) is 6.97. The number of anilines is 1. The van der Waals surface area contributed by atoms with Crippen molar-refractivity contribution in [1.29, 1.82) is 0 Å². The van der Waals surface area contributed by atoms with E-state index in [2.05, 4.69) is 46.0 Å². The molecule has 0 N–H and O–H groups in total. The lowest BCUT2D eigenvalue weighted by Gasteiger charge is -2.40. The number of nitrogens with zero attached hydrogens (tertiary/aromatic N) is 4. The van der Waals surface area contributed by atoms with Crippen molar-refractivity contribution in [2.24, 2.45) is 0 Å². The summed E-state index contributed by atoms with van der Waals surface area (Å²) in [5, 5.41) is 10.9. The van der Waals surface area contributed by atoms with Crippen LogP contribution < -0.4 is 4.90 Å². The molecule has 1 fully saturated rings. The molecule has 0 aliphatic carbocycles. The first-order chi connectivity index (χ1) is 11.5. The molecule has 1 atom stereocenters. The third kappa shape index (κ3) is 3.54. The molecule has 0 spiro atoms. The molecule has 6 nitrogen and oxygen atoms in total. The van der Waals surface area contributed by atoms with E-state index in [-0.39, 0.29) is 10.6 Å². The lowest BCUT2D eigenvalue weighted by Crippen LogP contribution is -2.51. The molecule has 24 heavy (non-hydrogen) atoms. The molecule has 2 heterocycles. The van der Waals surface area contributed by atoms with Gasteiger partial charge in [-0.05, 0) is 25.5 Å². The minimum atomic E-state index is -0.382. The number of benzene rings is 1. The van der Waals surface area contributed by atoms with E-state index < -0.39 is 0 Å². The van der Waals surface area contributed by atoms with Crippen LogP contribution in [0.1, 0.15) is 18.1 Å². The minimum absolute atomic E-state index is 0.0779. The summed E-state index contributed by atoms with van der Waals surface area (Å²) in [5.74, 6) is 0.824. The first-order valence-corrected chi connectivity index (χ1v) is 8.18. The summed E-state index contributed by atoms with van der Waals surface area (Å²) in [6.07, 6.45) is 1.37.